The third kappa shape index (κ3) is 2.93. The molecule has 1 amide bonds. The van der Waals surface area contributed by atoms with E-state index < -0.39 is 0 Å². The van der Waals surface area contributed by atoms with Crippen molar-refractivity contribution in [2.24, 2.45) is 0 Å². The molecule has 19 heavy (non-hydrogen) atoms. The van der Waals surface area contributed by atoms with E-state index in [9.17, 15) is 4.79 Å². The van der Waals surface area contributed by atoms with Crippen molar-refractivity contribution in [1.29, 1.82) is 0 Å². The highest BCUT2D eigenvalue weighted by Crippen LogP contribution is 2.10. The maximum Gasteiger partial charge on any atom is 0.224 e. The first-order valence-electron chi connectivity index (χ1n) is 6.89. The van der Waals surface area contributed by atoms with Gasteiger partial charge in [-0.25, -0.2) is 0 Å². The van der Waals surface area contributed by atoms with E-state index in [2.05, 4.69) is 20.5 Å². The van der Waals surface area contributed by atoms with Gasteiger partial charge in [-0.1, -0.05) is 5.21 Å². The van der Waals surface area contributed by atoms with Crippen LogP contribution >= 0.6 is 0 Å². The van der Waals surface area contributed by atoms with Gasteiger partial charge in [-0.3, -0.25) is 14.4 Å². The van der Waals surface area contributed by atoms with Gasteiger partial charge in [0.2, 0.25) is 5.91 Å². The van der Waals surface area contributed by atoms with Gasteiger partial charge in [0.15, 0.2) is 0 Å². The SMILES string of the molecule is O=C(CCn1ccnn1)N1CCN(C2CNC2)CC1. The Labute approximate surface area is 112 Å². The summed E-state index contributed by atoms with van der Waals surface area (Å²) in [5.74, 6) is 0.224. The summed E-state index contributed by atoms with van der Waals surface area (Å²) in [6.07, 6.45) is 3.93. The Balaban J connectivity index is 1.41. The van der Waals surface area contributed by atoms with Crippen LogP contribution in [0.15, 0.2) is 12.4 Å². The Bertz CT molecular complexity index is 408. The molecule has 2 saturated heterocycles. The lowest BCUT2D eigenvalue weighted by atomic mass is 10.1. The van der Waals surface area contributed by atoms with E-state index in [1.165, 1.54) is 0 Å². The number of nitrogens with zero attached hydrogens (tertiary/aromatic N) is 5. The number of amides is 1. The van der Waals surface area contributed by atoms with E-state index in [4.69, 9.17) is 0 Å². The topological polar surface area (TPSA) is 66.3 Å². The van der Waals surface area contributed by atoms with Crippen molar-refractivity contribution in [3.05, 3.63) is 12.4 Å². The predicted octanol–water partition coefficient (Wildman–Crippen LogP) is -1.22. The summed E-state index contributed by atoms with van der Waals surface area (Å²) in [5.41, 5.74) is 0. The van der Waals surface area contributed by atoms with Crippen LogP contribution in [-0.4, -0.2) is 76.0 Å². The fraction of sp³-hybridized carbons (Fsp3) is 0.750. The number of nitrogens with one attached hydrogen (secondary N) is 1. The third-order valence-electron chi connectivity index (χ3n) is 3.97. The summed E-state index contributed by atoms with van der Waals surface area (Å²) in [6.45, 7) is 6.52. The molecule has 0 saturated carbocycles. The van der Waals surface area contributed by atoms with Gasteiger partial charge < -0.3 is 10.2 Å². The molecule has 2 fully saturated rings. The van der Waals surface area contributed by atoms with Crippen LogP contribution < -0.4 is 5.32 Å². The van der Waals surface area contributed by atoms with Gasteiger partial charge in [-0.05, 0) is 0 Å². The summed E-state index contributed by atoms with van der Waals surface area (Å²) in [4.78, 5) is 16.5. The molecule has 0 unspecified atom stereocenters. The van der Waals surface area contributed by atoms with Crippen LogP contribution in [-0.2, 0) is 11.3 Å². The summed E-state index contributed by atoms with van der Waals surface area (Å²) >= 11 is 0. The highest BCUT2D eigenvalue weighted by Gasteiger charge is 2.28. The summed E-state index contributed by atoms with van der Waals surface area (Å²) in [5, 5.41) is 10.9. The van der Waals surface area contributed by atoms with Crippen molar-refractivity contribution < 1.29 is 4.79 Å². The number of piperazine rings is 1. The second-order valence-electron chi connectivity index (χ2n) is 5.14. The van der Waals surface area contributed by atoms with Gasteiger partial charge >= 0.3 is 0 Å². The number of carbonyl (C=O) groups is 1. The monoisotopic (exact) mass is 264 g/mol. The molecule has 0 spiro atoms. The van der Waals surface area contributed by atoms with Crippen molar-refractivity contribution in [2.45, 2.75) is 19.0 Å². The number of hydrogen-bond donors (Lipinski definition) is 1. The van der Waals surface area contributed by atoms with E-state index in [1.54, 1.807) is 17.1 Å². The molecule has 1 aromatic heterocycles. The normalized spacial score (nSPS) is 21.4. The molecule has 104 valence electrons. The Morgan fingerprint density at radius 2 is 2.05 bits per heavy atom. The molecular formula is C12H20N6O. The van der Waals surface area contributed by atoms with Crippen LogP contribution in [0.25, 0.3) is 0 Å². The fourth-order valence-corrected chi connectivity index (χ4v) is 2.59. The van der Waals surface area contributed by atoms with E-state index >= 15 is 0 Å². The molecule has 0 aliphatic carbocycles. The molecule has 0 radical (unpaired) electrons. The number of carbonyl (C=O) groups excluding carboxylic acids is 1. The number of aryl methyl sites for hydroxylation is 1. The van der Waals surface area contributed by atoms with Crippen molar-refractivity contribution in [2.75, 3.05) is 39.3 Å². The molecule has 3 rings (SSSR count). The molecule has 0 aromatic carbocycles. The van der Waals surface area contributed by atoms with Crippen LogP contribution in [0, 0.1) is 0 Å². The number of hydrogen-bond acceptors (Lipinski definition) is 5. The van der Waals surface area contributed by atoms with E-state index in [0.717, 1.165) is 39.3 Å². The average molecular weight is 264 g/mol. The molecule has 1 aromatic rings. The quantitative estimate of drug-likeness (QED) is 0.739. The molecule has 0 bridgehead atoms. The second kappa shape index (κ2) is 5.66. The van der Waals surface area contributed by atoms with Crippen LogP contribution in [0.2, 0.25) is 0 Å². The van der Waals surface area contributed by atoms with Crippen LogP contribution in [0.4, 0.5) is 0 Å². The zero-order valence-corrected chi connectivity index (χ0v) is 11.0. The van der Waals surface area contributed by atoms with E-state index in [1.807, 2.05) is 4.90 Å². The predicted molar refractivity (Wildman–Crippen MR) is 69.4 cm³/mol. The average Bonchev–Trinajstić information content (AvgIpc) is 2.88. The smallest absolute Gasteiger partial charge is 0.224 e. The van der Waals surface area contributed by atoms with Crippen molar-refractivity contribution >= 4 is 5.91 Å². The Hall–Kier alpha value is -1.47. The number of rotatable bonds is 4. The molecule has 7 heteroatoms. The van der Waals surface area contributed by atoms with Crippen LogP contribution in [0.3, 0.4) is 0 Å². The van der Waals surface area contributed by atoms with Gasteiger partial charge in [0.1, 0.15) is 0 Å². The standard InChI is InChI=1S/C12H20N6O/c19-12(1-3-18-4-2-14-15-18)17-7-5-16(6-8-17)11-9-13-10-11/h2,4,11,13H,1,3,5-10H2. The van der Waals surface area contributed by atoms with E-state index in [0.29, 0.717) is 19.0 Å². The minimum atomic E-state index is 0.224. The molecule has 7 nitrogen and oxygen atoms in total. The molecular weight excluding hydrogens is 244 g/mol. The first kappa shape index (κ1) is 12.6. The zero-order chi connectivity index (χ0) is 13.1. The molecule has 0 atom stereocenters. The molecule has 2 aliphatic heterocycles. The van der Waals surface area contributed by atoms with E-state index in [-0.39, 0.29) is 5.91 Å². The zero-order valence-electron chi connectivity index (χ0n) is 11.0. The molecule has 2 aliphatic rings. The van der Waals surface area contributed by atoms with Gasteiger partial charge in [-0.2, -0.15) is 0 Å². The highest BCUT2D eigenvalue weighted by molar-refractivity contribution is 5.76. The third-order valence-corrected chi connectivity index (χ3v) is 3.97. The van der Waals surface area contributed by atoms with Gasteiger partial charge in [-0.15, -0.1) is 5.10 Å². The minimum absolute atomic E-state index is 0.224. The Kier molecular flexibility index (Phi) is 3.74. The Morgan fingerprint density at radius 1 is 1.26 bits per heavy atom. The Morgan fingerprint density at radius 3 is 2.63 bits per heavy atom. The highest BCUT2D eigenvalue weighted by atomic mass is 16.2. The van der Waals surface area contributed by atoms with Crippen LogP contribution in [0.1, 0.15) is 6.42 Å². The first-order valence-corrected chi connectivity index (χ1v) is 6.89. The van der Waals surface area contributed by atoms with Gasteiger partial charge in [0.05, 0.1) is 12.7 Å². The largest absolute Gasteiger partial charge is 0.340 e. The fourth-order valence-electron chi connectivity index (χ4n) is 2.59. The van der Waals surface area contributed by atoms with Gasteiger partial charge in [0, 0.05) is 57.9 Å². The second-order valence-corrected chi connectivity index (χ2v) is 5.14. The summed E-state index contributed by atoms with van der Waals surface area (Å²) in [7, 11) is 0. The van der Waals surface area contributed by atoms with Crippen molar-refractivity contribution in [1.82, 2.24) is 30.1 Å². The summed E-state index contributed by atoms with van der Waals surface area (Å²) in [6, 6.07) is 0.687. The molecule has 3 heterocycles. The maximum absolute atomic E-state index is 12.1. The van der Waals surface area contributed by atoms with Gasteiger partial charge in [0.25, 0.3) is 0 Å². The van der Waals surface area contributed by atoms with Crippen LogP contribution in [0.5, 0.6) is 0 Å². The minimum Gasteiger partial charge on any atom is -0.340 e. The maximum atomic E-state index is 12.1. The first-order chi connectivity index (χ1) is 9.33. The summed E-state index contributed by atoms with van der Waals surface area (Å²) < 4.78 is 1.70. The van der Waals surface area contributed by atoms with Crippen molar-refractivity contribution in [3.8, 4) is 0 Å². The molecule has 1 N–H and O–H groups in total. The number of aromatic nitrogens is 3. The lowest BCUT2D eigenvalue weighted by molar-refractivity contribution is -0.133. The lowest BCUT2D eigenvalue weighted by Crippen LogP contribution is -2.62. The van der Waals surface area contributed by atoms with Crippen molar-refractivity contribution in [3.63, 3.8) is 0 Å². The lowest BCUT2D eigenvalue weighted by Gasteiger charge is -2.43.